The van der Waals surface area contributed by atoms with Crippen molar-refractivity contribution in [3.8, 4) is 0 Å². The van der Waals surface area contributed by atoms with E-state index in [0.717, 1.165) is 22.2 Å². The topological polar surface area (TPSA) is 83.6 Å². The largest absolute Gasteiger partial charge is 0.338 e. The number of benzene rings is 2. The number of halogens is 1. The van der Waals surface area contributed by atoms with Gasteiger partial charge in [0, 0.05) is 21.6 Å². The molecule has 0 bridgehead atoms. The minimum Gasteiger partial charge on any atom is -0.338 e. The Morgan fingerprint density at radius 1 is 1.23 bits per heavy atom. The maximum atomic E-state index is 12.1. The van der Waals surface area contributed by atoms with Gasteiger partial charge in [-0.3, -0.25) is 4.79 Å². The summed E-state index contributed by atoms with van der Waals surface area (Å²) in [6.07, 6.45) is 0. The molecule has 130 valence electrons. The first-order valence-electron chi connectivity index (χ1n) is 7.90. The van der Waals surface area contributed by atoms with Crippen LogP contribution in [0.5, 0.6) is 0 Å². The molecule has 0 atom stereocenters. The fourth-order valence-corrected chi connectivity index (χ4v) is 3.38. The highest BCUT2D eigenvalue weighted by Gasteiger charge is 2.12. The lowest BCUT2D eigenvalue weighted by molar-refractivity contribution is -0.113. The van der Waals surface area contributed by atoms with Crippen LogP contribution in [0.1, 0.15) is 5.56 Å². The van der Waals surface area contributed by atoms with Crippen LogP contribution in [0.2, 0.25) is 5.02 Å². The molecular formula is C18H14ClN5OS. The number of hydrogen-bond acceptors (Lipinski definition) is 5. The van der Waals surface area contributed by atoms with Crippen molar-refractivity contribution in [3.05, 3.63) is 53.1 Å². The van der Waals surface area contributed by atoms with Crippen LogP contribution in [0.25, 0.3) is 22.1 Å². The van der Waals surface area contributed by atoms with Crippen molar-refractivity contribution in [1.29, 1.82) is 0 Å². The number of fused-ring (bicyclic) bond motifs is 3. The van der Waals surface area contributed by atoms with Gasteiger partial charge in [0.2, 0.25) is 11.1 Å². The van der Waals surface area contributed by atoms with Gasteiger partial charge in [-0.2, -0.15) is 0 Å². The predicted octanol–water partition coefficient (Wildman–Crippen LogP) is 4.20. The number of rotatable bonds is 4. The number of carbonyl (C=O) groups is 1. The number of H-pyrrole nitrogens is 1. The lowest BCUT2D eigenvalue weighted by atomic mass is 10.2. The van der Waals surface area contributed by atoms with Crippen LogP contribution >= 0.6 is 23.4 Å². The molecule has 0 saturated heterocycles. The van der Waals surface area contributed by atoms with Crippen LogP contribution in [0, 0.1) is 6.92 Å². The summed E-state index contributed by atoms with van der Waals surface area (Å²) in [5.74, 6) is 0.0875. The summed E-state index contributed by atoms with van der Waals surface area (Å²) in [5.41, 5.74) is 4.00. The molecule has 0 saturated carbocycles. The zero-order chi connectivity index (χ0) is 18.1. The Bertz CT molecular complexity index is 1130. The molecule has 2 heterocycles. The van der Waals surface area contributed by atoms with E-state index < -0.39 is 0 Å². The van der Waals surface area contributed by atoms with Crippen molar-refractivity contribution in [3.63, 3.8) is 0 Å². The van der Waals surface area contributed by atoms with Gasteiger partial charge in [0.15, 0.2) is 5.65 Å². The summed E-state index contributed by atoms with van der Waals surface area (Å²) in [6.45, 7) is 1.95. The first-order valence-corrected chi connectivity index (χ1v) is 9.26. The van der Waals surface area contributed by atoms with Gasteiger partial charge in [-0.25, -0.2) is 4.98 Å². The van der Waals surface area contributed by atoms with Gasteiger partial charge >= 0.3 is 0 Å². The Balaban J connectivity index is 1.50. The van der Waals surface area contributed by atoms with Gasteiger partial charge in [-0.15, -0.1) is 10.2 Å². The summed E-state index contributed by atoms with van der Waals surface area (Å²) in [6, 6.07) is 13.2. The molecule has 2 N–H and O–H groups in total. The zero-order valence-electron chi connectivity index (χ0n) is 13.8. The van der Waals surface area contributed by atoms with E-state index in [9.17, 15) is 4.79 Å². The Kier molecular flexibility index (Phi) is 4.48. The van der Waals surface area contributed by atoms with Gasteiger partial charge < -0.3 is 10.3 Å². The standard InChI is InChI=1S/C18H14ClN5OS/c1-10-4-2-3-5-13(10)20-15(25)9-26-18-22-17-16(23-24-18)12-8-11(19)6-7-14(12)21-17/h2-8H,9H2,1H3,(H,20,25)(H,21,22,24). The number of aryl methyl sites for hydroxylation is 1. The van der Waals surface area contributed by atoms with E-state index >= 15 is 0 Å². The van der Waals surface area contributed by atoms with E-state index in [1.807, 2.05) is 43.3 Å². The molecule has 0 fully saturated rings. The minimum atomic E-state index is -0.114. The third-order valence-electron chi connectivity index (χ3n) is 3.91. The first-order chi connectivity index (χ1) is 12.6. The van der Waals surface area contributed by atoms with Gasteiger partial charge in [-0.05, 0) is 36.8 Å². The number of hydrogen-bond donors (Lipinski definition) is 2. The highest BCUT2D eigenvalue weighted by atomic mass is 35.5. The number of aromatic nitrogens is 4. The SMILES string of the molecule is Cc1ccccc1NC(=O)CSc1nnc2c(n1)[nH]c1ccc(Cl)cc12. The molecule has 0 unspecified atom stereocenters. The number of nitrogens with one attached hydrogen (secondary N) is 2. The van der Waals surface area contributed by atoms with Crippen molar-refractivity contribution in [1.82, 2.24) is 20.2 Å². The molecule has 2 aromatic carbocycles. The average Bonchev–Trinajstić information content (AvgIpc) is 2.99. The zero-order valence-corrected chi connectivity index (χ0v) is 15.4. The first kappa shape index (κ1) is 16.8. The smallest absolute Gasteiger partial charge is 0.234 e. The normalized spacial score (nSPS) is 11.2. The van der Waals surface area contributed by atoms with Crippen molar-refractivity contribution in [2.24, 2.45) is 0 Å². The van der Waals surface area contributed by atoms with E-state index in [0.29, 0.717) is 21.3 Å². The molecule has 4 aromatic rings. The molecule has 0 spiro atoms. The van der Waals surface area contributed by atoms with E-state index in [4.69, 9.17) is 11.6 Å². The molecular weight excluding hydrogens is 370 g/mol. The molecule has 26 heavy (non-hydrogen) atoms. The van der Waals surface area contributed by atoms with Crippen molar-refractivity contribution in [2.45, 2.75) is 12.1 Å². The maximum Gasteiger partial charge on any atom is 0.234 e. The maximum absolute atomic E-state index is 12.1. The summed E-state index contributed by atoms with van der Waals surface area (Å²) in [7, 11) is 0. The summed E-state index contributed by atoms with van der Waals surface area (Å²) >= 11 is 7.28. The Labute approximate surface area is 158 Å². The fraction of sp³-hybridized carbons (Fsp3) is 0.111. The number of para-hydroxylation sites is 1. The molecule has 1 amide bonds. The molecule has 2 aromatic heterocycles. The van der Waals surface area contributed by atoms with E-state index in [1.54, 1.807) is 6.07 Å². The van der Waals surface area contributed by atoms with Crippen LogP contribution in [0.3, 0.4) is 0 Å². The molecule has 4 rings (SSSR count). The molecule has 0 aliphatic carbocycles. The number of amides is 1. The average molecular weight is 384 g/mol. The predicted molar refractivity (Wildman–Crippen MR) is 105 cm³/mol. The van der Waals surface area contributed by atoms with Crippen LogP contribution in [0.4, 0.5) is 5.69 Å². The van der Waals surface area contributed by atoms with Crippen molar-refractivity contribution < 1.29 is 4.79 Å². The quantitative estimate of drug-likeness (QED) is 0.516. The molecule has 0 radical (unpaired) electrons. The molecule has 0 aliphatic heterocycles. The van der Waals surface area contributed by atoms with E-state index in [-0.39, 0.29) is 11.7 Å². The van der Waals surface area contributed by atoms with Crippen LogP contribution < -0.4 is 5.32 Å². The summed E-state index contributed by atoms with van der Waals surface area (Å²) in [4.78, 5) is 19.8. The number of nitrogens with zero attached hydrogens (tertiary/aromatic N) is 3. The van der Waals surface area contributed by atoms with Gasteiger partial charge in [-0.1, -0.05) is 41.6 Å². The summed E-state index contributed by atoms with van der Waals surface area (Å²) < 4.78 is 0. The van der Waals surface area contributed by atoms with Gasteiger partial charge in [0.05, 0.1) is 5.75 Å². The Hall–Kier alpha value is -2.64. The van der Waals surface area contributed by atoms with Crippen LogP contribution in [-0.2, 0) is 4.79 Å². The number of anilines is 1. The second kappa shape index (κ2) is 6.93. The van der Waals surface area contributed by atoms with E-state index in [2.05, 4.69) is 25.5 Å². The molecule has 0 aliphatic rings. The third-order valence-corrected chi connectivity index (χ3v) is 4.98. The fourth-order valence-electron chi connectivity index (χ4n) is 2.62. The molecule has 8 heteroatoms. The monoisotopic (exact) mass is 383 g/mol. The lowest BCUT2D eigenvalue weighted by Gasteiger charge is -2.07. The Morgan fingerprint density at radius 3 is 2.92 bits per heavy atom. The molecule has 6 nitrogen and oxygen atoms in total. The summed E-state index contributed by atoms with van der Waals surface area (Å²) in [5, 5.41) is 13.2. The number of carbonyl (C=O) groups excluding carboxylic acids is 1. The Morgan fingerprint density at radius 2 is 2.08 bits per heavy atom. The van der Waals surface area contributed by atoms with E-state index in [1.165, 1.54) is 11.8 Å². The van der Waals surface area contributed by atoms with Crippen molar-refractivity contribution >= 4 is 57.0 Å². The number of thioether (sulfide) groups is 1. The van der Waals surface area contributed by atoms with Gasteiger partial charge in [0.1, 0.15) is 5.52 Å². The van der Waals surface area contributed by atoms with Crippen molar-refractivity contribution in [2.75, 3.05) is 11.1 Å². The number of aromatic amines is 1. The second-order valence-corrected chi connectivity index (χ2v) is 7.14. The second-order valence-electron chi connectivity index (χ2n) is 5.76. The third kappa shape index (κ3) is 3.36. The van der Waals surface area contributed by atoms with Gasteiger partial charge in [0.25, 0.3) is 0 Å². The minimum absolute atomic E-state index is 0.114. The lowest BCUT2D eigenvalue weighted by Crippen LogP contribution is -2.15. The van der Waals surface area contributed by atoms with Crippen LogP contribution in [-0.4, -0.2) is 31.8 Å². The highest BCUT2D eigenvalue weighted by molar-refractivity contribution is 7.99. The van der Waals surface area contributed by atoms with Crippen LogP contribution in [0.15, 0.2) is 47.6 Å². The highest BCUT2D eigenvalue weighted by Crippen LogP contribution is 2.26.